The summed E-state index contributed by atoms with van der Waals surface area (Å²) < 4.78 is 27.4. The molecule has 1 aromatic rings. The van der Waals surface area contributed by atoms with Crippen LogP contribution < -0.4 is 34.6 Å². The van der Waals surface area contributed by atoms with E-state index in [4.69, 9.17) is 0 Å². The van der Waals surface area contributed by atoms with Gasteiger partial charge in [0.05, 0.1) is 12.5 Å². The van der Waals surface area contributed by atoms with Gasteiger partial charge < -0.3 is 25.4 Å². The molecule has 31 heavy (non-hydrogen) atoms. The van der Waals surface area contributed by atoms with Gasteiger partial charge in [0, 0.05) is 31.0 Å². The van der Waals surface area contributed by atoms with E-state index in [1.807, 2.05) is 0 Å². The molecule has 8 nitrogen and oxygen atoms in total. The quantitative estimate of drug-likeness (QED) is 0.401. The summed E-state index contributed by atoms with van der Waals surface area (Å²) >= 11 is 0. The first-order chi connectivity index (χ1) is 14.1. The van der Waals surface area contributed by atoms with Crippen molar-refractivity contribution in [2.75, 3.05) is 6.54 Å². The van der Waals surface area contributed by atoms with Gasteiger partial charge in [-0.2, -0.15) is 0 Å². The Bertz CT molecular complexity index is 837. The molecule has 2 N–H and O–H groups in total. The molecule has 1 aromatic carbocycles. The number of nitrogens with one attached hydrogen (secondary N) is 2. The first-order valence-electron chi connectivity index (χ1n) is 9.59. The van der Waals surface area contributed by atoms with Crippen LogP contribution in [0.5, 0.6) is 0 Å². The normalized spacial score (nSPS) is 16.6. The fourth-order valence-electron chi connectivity index (χ4n) is 3.33. The zero-order valence-electron chi connectivity index (χ0n) is 17.7. The van der Waals surface area contributed by atoms with Crippen molar-refractivity contribution < 1.29 is 51.9 Å². The van der Waals surface area contributed by atoms with Crippen LogP contribution in [-0.4, -0.2) is 47.2 Å². The van der Waals surface area contributed by atoms with Crippen molar-refractivity contribution in [3.8, 4) is 0 Å². The van der Waals surface area contributed by atoms with E-state index in [9.17, 15) is 33.1 Å². The number of rotatable bonds is 9. The second-order valence-corrected chi connectivity index (χ2v) is 7.51. The Morgan fingerprint density at radius 1 is 1.26 bits per heavy atom. The maximum Gasteiger partial charge on any atom is 1.00 e. The van der Waals surface area contributed by atoms with Crippen molar-refractivity contribution in [3.05, 3.63) is 35.4 Å². The number of likely N-dealkylation sites (tertiary alicyclic amines) is 1. The molecule has 1 aliphatic heterocycles. The molecule has 2 rings (SSSR count). The van der Waals surface area contributed by atoms with Gasteiger partial charge in [-0.05, 0) is 18.4 Å². The van der Waals surface area contributed by atoms with Crippen molar-refractivity contribution in [2.24, 2.45) is 5.92 Å². The third-order valence-electron chi connectivity index (χ3n) is 4.92. The summed E-state index contributed by atoms with van der Waals surface area (Å²) in [6, 6.07) is 2.20. The van der Waals surface area contributed by atoms with Crippen molar-refractivity contribution in [2.45, 2.75) is 51.7 Å². The first-order valence-corrected chi connectivity index (χ1v) is 9.59. The van der Waals surface area contributed by atoms with Crippen LogP contribution in [0, 0.1) is 17.6 Å². The van der Waals surface area contributed by atoms with Crippen molar-refractivity contribution >= 4 is 23.7 Å². The number of hydrogen-bond acceptors (Lipinski definition) is 5. The van der Waals surface area contributed by atoms with Crippen LogP contribution in [0.25, 0.3) is 0 Å². The van der Waals surface area contributed by atoms with Gasteiger partial charge in [-0.15, -0.1) is 0 Å². The van der Waals surface area contributed by atoms with Gasteiger partial charge in [-0.25, -0.2) is 8.78 Å². The molecule has 0 bridgehead atoms. The Balaban J connectivity index is 0.00000480. The second kappa shape index (κ2) is 11.8. The average Bonchev–Trinajstić information content (AvgIpc) is 3.00. The minimum Gasteiger partial charge on any atom is -0.548 e. The minimum atomic E-state index is -1.46. The molecule has 0 aromatic heterocycles. The fourth-order valence-corrected chi connectivity index (χ4v) is 3.33. The maximum atomic E-state index is 14.0. The van der Waals surface area contributed by atoms with Crippen molar-refractivity contribution in [1.82, 2.24) is 15.5 Å². The largest absolute Gasteiger partial charge is 1.00 e. The molecule has 3 amide bonds. The molecule has 0 radical (unpaired) electrons. The van der Waals surface area contributed by atoms with Crippen LogP contribution in [-0.2, 0) is 25.7 Å². The summed E-state index contributed by atoms with van der Waals surface area (Å²) in [4.78, 5) is 48.7. The molecule has 1 saturated heterocycles. The summed E-state index contributed by atoms with van der Waals surface area (Å²) in [5.41, 5.74) is 0.0115. The predicted octanol–water partition coefficient (Wildman–Crippen LogP) is -3.14. The van der Waals surface area contributed by atoms with Gasteiger partial charge in [-0.1, -0.05) is 26.0 Å². The molecular formula is C20H24F2LiN3O5. The van der Waals surface area contributed by atoms with Crippen molar-refractivity contribution in [1.29, 1.82) is 0 Å². The Morgan fingerprint density at radius 3 is 2.55 bits per heavy atom. The minimum absolute atomic E-state index is 0. The third kappa shape index (κ3) is 7.33. The van der Waals surface area contributed by atoms with Gasteiger partial charge in [0.15, 0.2) is 11.6 Å². The van der Waals surface area contributed by atoms with Gasteiger partial charge in [0.1, 0.15) is 6.04 Å². The molecule has 0 spiro atoms. The zero-order valence-corrected chi connectivity index (χ0v) is 17.7. The van der Waals surface area contributed by atoms with Crippen molar-refractivity contribution in [3.63, 3.8) is 0 Å². The number of nitrogens with zero attached hydrogens (tertiary/aromatic N) is 1. The standard InChI is InChI=1S/C20H25F2N3O5.Li/c1-11(2)19(20(30)23-9-17(28)29)24-15(26)8-13-6-7-16(27)25(13)10-12-4-3-5-14(21)18(12)22;/h3-5,11,13,19H,6-10H2,1-2H3,(H,23,30)(H,24,26)(H,28,29);/q;+1/p-1/t13-,19-;/m0./s1. The molecule has 1 aliphatic rings. The van der Waals surface area contributed by atoms with E-state index in [-0.39, 0.29) is 55.6 Å². The Kier molecular flexibility index (Phi) is 10.1. The molecule has 1 heterocycles. The number of carbonyl (C=O) groups excluding carboxylic acids is 4. The Hall–Kier alpha value is -2.44. The smallest absolute Gasteiger partial charge is 0.548 e. The van der Waals surface area contributed by atoms with Gasteiger partial charge >= 0.3 is 18.9 Å². The predicted molar refractivity (Wildman–Crippen MR) is 99.3 cm³/mol. The summed E-state index contributed by atoms with van der Waals surface area (Å²) in [6.07, 6.45) is 0.417. The van der Waals surface area contributed by atoms with Gasteiger partial charge in [0.25, 0.3) is 0 Å². The van der Waals surface area contributed by atoms with Gasteiger partial charge in [0.2, 0.25) is 17.7 Å². The maximum absolute atomic E-state index is 14.0. The Morgan fingerprint density at radius 2 is 1.94 bits per heavy atom. The molecule has 0 saturated carbocycles. The van der Waals surface area contributed by atoms with E-state index < -0.39 is 48.0 Å². The van der Waals surface area contributed by atoms with Crippen LogP contribution >= 0.6 is 0 Å². The van der Waals surface area contributed by atoms with Crippen LogP contribution in [0.3, 0.4) is 0 Å². The molecule has 1 fully saturated rings. The fraction of sp³-hybridized carbons (Fsp3) is 0.500. The van der Waals surface area contributed by atoms with E-state index in [1.165, 1.54) is 17.0 Å². The molecular weight excluding hydrogens is 407 g/mol. The number of amides is 3. The summed E-state index contributed by atoms with van der Waals surface area (Å²) in [5, 5.41) is 15.2. The summed E-state index contributed by atoms with van der Waals surface area (Å²) in [6.45, 7) is 2.52. The SMILES string of the molecule is CC(C)[C@H](NC(=O)C[C@@H]1CCC(=O)N1Cc1cccc(F)c1F)C(=O)NCC(=O)[O-].[Li+]. The van der Waals surface area contributed by atoms with Crippen LogP contribution in [0.1, 0.15) is 38.7 Å². The number of hydrogen-bond donors (Lipinski definition) is 2. The Labute approximate surface area is 190 Å². The molecule has 11 heteroatoms. The summed E-state index contributed by atoms with van der Waals surface area (Å²) in [7, 11) is 0. The monoisotopic (exact) mass is 431 g/mol. The third-order valence-corrected chi connectivity index (χ3v) is 4.92. The van der Waals surface area contributed by atoms with E-state index in [0.29, 0.717) is 6.42 Å². The van der Waals surface area contributed by atoms with Crippen LogP contribution in [0.2, 0.25) is 0 Å². The number of halogens is 2. The number of carbonyl (C=O) groups is 4. The molecule has 2 atom stereocenters. The first kappa shape index (κ1) is 26.6. The van der Waals surface area contributed by atoms with E-state index in [2.05, 4.69) is 10.6 Å². The average molecular weight is 431 g/mol. The van der Waals surface area contributed by atoms with E-state index >= 15 is 0 Å². The number of benzene rings is 1. The van der Waals surface area contributed by atoms with Gasteiger partial charge in [-0.3, -0.25) is 14.4 Å². The van der Waals surface area contributed by atoms with Crippen LogP contribution in [0.15, 0.2) is 18.2 Å². The van der Waals surface area contributed by atoms with Crippen LogP contribution in [0.4, 0.5) is 8.78 Å². The number of aliphatic carboxylic acids is 1. The van der Waals surface area contributed by atoms with E-state index in [1.54, 1.807) is 13.8 Å². The topological polar surface area (TPSA) is 119 Å². The summed E-state index contributed by atoms with van der Waals surface area (Å²) in [5.74, 6) is -5.28. The van der Waals surface area contributed by atoms with E-state index in [0.717, 1.165) is 6.07 Å². The molecule has 164 valence electrons. The number of carboxylic acid groups (broad SMARTS) is 1. The second-order valence-electron chi connectivity index (χ2n) is 7.51. The molecule has 0 unspecified atom stereocenters. The number of carboxylic acids is 1. The molecule has 0 aliphatic carbocycles. The zero-order chi connectivity index (χ0) is 22.4.